The second kappa shape index (κ2) is 5.06. The topological polar surface area (TPSA) is 30.7 Å². The number of alkyl halides is 6. The summed E-state index contributed by atoms with van der Waals surface area (Å²) < 4.78 is 76.7. The van der Waals surface area contributed by atoms with Crippen molar-refractivity contribution < 1.29 is 26.3 Å². The van der Waals surface area contributed by atoms with Crippen LogP contribution in [0.15, 0.2) is 18.5 Å². The monoisotopic (exact) mass is 349 g/mol. The van der Waals surface area contributed by atoms with E-state index in [1.807, 2.05) is 0 Å². The molecule has 0 bridgehead atoms. The molecule has 0 aliphatic rings. The maximum absolute atomic E-state index is 12.6. The number of rotatable bonds is 1. The number of hydrogen-bond acceptors (Lipinski definition) is 2. The molecule has 2 heterocycles. The molecule has 0 radical (unpaired) electrons. The minimum Gasteiger partial charge on any atom is -0.288 e. The van der Waals surface area contributed by atoms with Gasteiger partial charge in [-0.1, -0.05) is 23.2 Å². The third kappa shape index (κ3) is 3.24. The van der Waals surface area contributed by atoms with E-state index < -0.39 is 29.4 Å². The standard InChI is InChI=1S/C10H3Cl2F6N3/c11-7-8(12)21(3-19-7)4-1-5(9(13,14)15)20-6(2-4)10(16,17)18/h1-3H. The molecule has 0 N–H and O–H groups in total. The Hall–Kier alpha value is -1.48. The lowest BCUT2D eigenvalue weighted by atomic mass is 10.2. The summed E-state index contributed by atoms with van der Waals surface area (Å²) in [6.45, 7) is 0. The van der Waals surface area contributed by atoms with Crippen LogP contribution in [-0.4, -0.2) is 14.5 Å². The third-order valence-corrected chi connectivity index (χ3v) is 3.07. The van der Waals surface area contributed by atoms with Crippen molar-refractivity contribution in [1.29, 1.82) is 0 Å². The van der Waals surface area contributed by atoms with Crippen LogP contribution in [0.2, 0.25) is 10.3 Å². The molecule has 11 heteroatoms. The van der Waals surface area contributed by atoms with E-state index in [-0.39, 0.29) is 10.3 Å². The lowest BCUT2D eigenvalue weighted by molar-refractivity contribution is -0.150. The summed E-state index contributed by atoms with van der Waals surface area (Å²) >= 11 is 11.2. The number of hydrogen-bond donors (Lipinski definition) is 0. The minimum atomic E-state index is -5.05. The summed E-state index contributed by atoms with van der Waals surface area (Å²) in [7, 11) is 0. The number of pyridine rings is 1. The summed E-state index contributed by atoms with van der Waals surface area (Å²) in [5.74, 6) is 0. The average Bonchev–Trinajstić information content (AvgIpc) is 2.67. The van der Waals surface area contributed by atoms with Gasteiger partial charge in [0.05, 0.1) is 5.69 Å². The van der Waals surface area contributed by atoms with Crippen LogP contribution in [0.1, 0.15) is 11.4 Å². The van der Waals surface area contributed by atoms with Crippen molar-refractivity contribution in [3.8, 4) is 5.69 Å². The van der Waals surface area contributed by atoms with Crippen molar-refractivity contribution in [2.24, 2.45) is 0 Å². The summed E-state index contributed by atoms with van der Waals surface area (Å²) in [6, 6.07) is 0.832. The zero-order valence-corrected chi connectivity index (χ0v) is 11.1. The molecule has 0 aliphatic heterocycles. The van der Waals surface area contributed by atoms with Crippen LogP contribution in [-0.2, 0) is 12.4 Å². The number of imidazole rings is 1. The maximum atomic E-state index is 12.6. The zero-order chi connectivity index (χ0) is 16.0. The SMILES string of the molecule is FC(F)(F)c1cc(-n2cnc(Cl)c2Cl)cc(C(F)(F)F)n1. The van der Waals surface area contributed by atoms with Crippen molar-refractivity contribution in [3.05, 3.63) is 40.2 Å². The van der Waals surface area contributed by atoms with Crippen LogP contribution in [0.4, 0.5) is 26.3 Å². The molecule has 0 aliphatic carbocycles. The second-order valence-electron chi connectivity index (χ2n) is 3.79. The zero-order valence-electron chi connectivity index (χ0n) is 9.60. The quantitative estimate of drug-likeness (QED) is 0.704. The molecule has 0 spiro atoms. The van der Waals surface area contributed by atoms with Gasteiger partial charge in [-0.25, -0.2) is 9.97 Å². The van der Waals surface area contributed by atoms with E-state index in [0.717, 1.165) is 10.9 Å². The molecule has 3 nitrogen and oxygen atoms in total. The van der Waals surface area contributed by atoms with E-state index in [9.17, 15) is 26.3 Å². The van der Waals surface area contributed by atoms with Gasteiger partial charge in [0.1, 0.15) is 17.7 Å². The Morgan fingerprint density at radius 2 is 1.38 bits per heavy atom. The van der Waals surface area contributed by atoms with Gasteiger partial charge in [0, 0.05) is 0 Å². The summed E-state index contributed by atoms with van der Waals surface area (Å²) in [5, 5.41) is -0.570. The van der Waals surface area contributed by atoms with Gasteiger partial charge in [0.15, 0.2) is 10.3 Å². The minimum absolute atomic E-state index is 0.254. The van der Waals surface area contributed by atoms with Crippen molar-refractivity contribution in [1.82, 2.24) is 14.5 Å². The number of nitrogens with zero attached hydrogens (tertiary/aromatic N) is 3. The molecule has 0 amide bonds. The van der Waals surface area contributed by atoms with E-state index in [2.05, 4.69) is 9.97 Å². The third-order valence-electron chi connectivity index (χ3n) is 2.34. The number of halogens is 8. The Bertz CT molecular complexity index is 644. The van der Waals surface area contributed by atoms with Crippen LogP contribution < -0.4 is 0 Å². The maximum Gasteiger partial charge on any atom is 0.433 e. The molecular weight excluding hydrogens is 347 g/mol. The van der Waals surface area contributed by atoms with Gasteiger partial charge in [-0.3, -0.25) is 4.57 Å². The van der Waals surface area contributed by atoms with E-state index >= 15 is 0 Å². The first-order chi connectivity index (χ1) is 9.50. The fraction of sp³-hybridized carbons (Fsp3) is 0.200. The molecule has 0 saturated heterocycles. The van der Waals surface area contributed by atoms with E-state index in [0.29, 0.717) is 12.1 Å². The molecule has 0 unspecified atom stereocenters. The first kappa shape index (κ1) is 15.9. The Labute approximate surface area is 123 Å². The Balaban J connectivity index is 2.69. The molecule has 2 aromatic heterocycles. The fourth-order valence-electron chi connectivity index (χ4n) is 1.44. The Morgan fingerprint density at radius 1 is 0.905 bits per heavy atom. The smallest absolute Gasteiger partial charge is 0.288 e. The van der Waals surface area contributed by atoms with Gasteiger partial charge in [0.25, 0.3) is 0 Å². The highest BCUT2D eigenvalue weighted by atomic mass is 35.5. The van der Waals surface area contributed by atoms with Crippen LogP contribution >= 0.6 is 23.2 Å². The van der Waals surface area contributed by atoms with Crippen molar-refractivity contribution >= 4 is 23.2 Å². The Morgan fingerprint density at radius 3 is 1.71 bits per heavy atom. The van der Waals surface area contributed by atoms with Crippen molar-refractivity contribution in [3.63, 3.8) is 0 Å². The summed E-state index contributed by atoms with van der Waals surface area (Å²) in [4.78, 5) is 6.07. The molecule has 0 fully saturated rings. The second-order valence-corrected chi connectivity index (χ2v) is 4.50. The van der Waals surface area contributed by atoms with Crippen LogP contribution in [0.25, 0.3) is 5.69 Å². The van der Waals surface area contributed by atoms with Crippen LogP contribution in [0.5, 0.6) is 0 Å². The molecule has 114 valence electrons. The molecule has 21 heavy (non-hydrogen) atoms. The predicted molar refractivity (Wildman–Crippen MR) is 61.4 cm³/mol. The van der Waals surface area contributed by atoms with Crippen molar-refractivity contribution in [2.75, 3.05) is 0 Å². The summed E-state index contributed by atoms with van der Waals surface area (Å²) in [6.07, 6.45) is -9.19. The lowest BCUT2D eigenvalue weighted by Gasteiger charge is -2.13. The normalized spacial score (nSPS) is 12.8. The van der Waals surface area contributed by atoms with Gasteiger partial charge in [-0.2, -0.15) is 26.3 Å². The van der Waals surface area contributed by atoms with Crippen molar-refractivity contribution in [2.45, 2.75) is 12.4 Å². The average molecular weight is 350 g/mol. The van der Waals surface area contributed by atoms with Gasteiger partial charge >= 0.3 is 12.4 Å². The molecule has 0 atom stereocenters. The highest BCUT2D eigenvalue weighted by molar-refractivity contribution is 6.40. The van der Waals surface area contributed by atoms with E-state index in [4.69, 9.17) is 23.2 Å². The van der Waals surface area contributed by atoms with E-state index in [1.165, 1.54) is 0 Å². The predicted octanol–water partition coefficient (Wildman–Crippen LogP) is 4.61. The van der Waals surface area contributed by atoms with Crippen LogP contribution in [0.3, 0.4) is 0 Å². The molecular formula is C10H3Cl2F6N3. The lowest BCUT2D eigenvalue weighted by Crippen LogP contribution is -2.16. The molecule has 2 aromatic rings. The van der Waals surface area contributed by atoms with Gasteiger partial charge in [-0.05, 0) is 12.1 Å². The molecule has 0 saturated carbocycles. The molecule has 2 rings (SSSR count). The van der Waals surface area contributed by atoms with Gasteiger partial charge < -0.3 is 0 Å². The first-order valence-electron chi connectivity index (χ1n) is 5.05. The largest absolute Gasteiger partial charge is 0.433 e. The highest BCUT2D eigenvalue weighted by Crippen LogP contribution is 2.35. The van der Waals surface area contributed by atoms with Crippen LogP contribution in [0, 0.1) is 0 Å². The Kier molecular flexibility index (Phi) is 3.83. The number of aromatic nitrogens is 3. The first-order valence-corrected chi connectivity index (χ1v) is 5.81. The van der Waals surface area contributed by atoms with E-state index in [1.54, 1.807) is 0 Å². The highest BCUT2D eigenvalue weighted by Gasteiger charge is 2.39. The van der Waals surface area contributed by atoms with Gasteiger partial charge in [-0.15, -0.1) is 0 Å². The summed E-state index contributed by atoms with van der Waals surface area (Å²) in [5.41, 5.74) is -3.91. The molecule has 0 aromatic carbocycles. The van der Waals surface area contributed by atoms with Gasteiger partial charge in [0.2, 0.25) is 0 Å². The fourth-order valence-corrected chi connectivity index (χ4v) is 1.76.